The molecule has 0 heterocycles. The molecule has 0 saturated carbocycles. The molecule has 0 aromatic heterocycles. The molecule has 4 nitrogen and oxygen atoms in total. The average Bonchev–Trinajstić information content (AvgIpc) is 2.25. The van der Waals surface area contributed by atoms with Gasteiger partial charge in [0, 0.05) is 11.0 Å². The zero-order valence-corrected chi connectivity index (χ0v) is 11.1. The van der Waals surface area contributed by atoms with Crippen LogP contribution in [-0.4, -0.2) is 15.0 Å². The molecular formula is C10H11BrN2O2S. The second-order valence-corrected chi connectivity index (χ2v) is 5.74. The van der Waals surface area contributed by atoms with Gasteiger partial charge in [-0.3, -0.25) is 0 Å². The zero-order valence-electron chi connectivity index (χ0n) is 8.70. The second-order valence-electron chi connectivity index (χ2n) is 3.15. The van der Waals surface area contributed by atoms with Crippen LogP contribution in [0.4, 0.5) is 0 Å². The lowest BCUT2D eigenvalue weighted by Gasteiger charge is -2.07. The first-order chi connectivity index (χ1) is 7.51. The first kappa shape index (κ1) is 13.2. The zero-order chi connectivity index (χ0) is 12.2. The van der Waals surface area contributed by atoms with Crippen molar-refractivity contribution in [1.29, 1.82) is 5.26 Å². The number of hydrogen-bond donors (Lipinski definition) is 1. The van der Waals surface area contributed by atoms with E-state index in [1.165, 1.54) is 18.2 Å². The fraction of sp³-hybridized carbons (Fsp3) is 0.300. The molecule has 1 N–H and O–H groups in total. The highest BCUT2D eigenvalue weighted by atomic mass is 79.9. The van der Waals surface area contributed by atoms with E-state index in [9.17, 15) is 8.42 Å². The fourth-order valence-corrected chi connectivity index (χ4v) is 3.31. The number of hydrogen-bond acceptors (Lipinski definition) is 3. The Labute approximate surface area is 103 Å². The average molecular weight is 303 g/mol. The van der Waals surface area contributed by atoms with Crippen molar-refractivity contribution in [3.8, 4) is 6.07 Å². The molecule has 0 amide bonds. The minimum atomic E-state index is -3.48. The third-order valence-corrected chi connectivity index (χ3v) is 4.33. The molecule has 16 heavy (non-hydrogen) atoms. The number of nitrogens with one attached hydrogen (secondary N) is 1. The Kier molecular flexibility index (Phi) is 4.47. The van der Waals surface area contributed by atoms with Crippen molar-refractivity contribution in [2.24, 2.45) is 0 Å². The van der Waals surface area contributed by atoms with Crippen molar-refractivity contribution in [1.82, 2.24) is 4.72 Å². The van der Waals surface area contributed by atoms with Gasteiger partial charge in [-0.1, -0.05) is 6.92 Å². The third kappa shape index (κ3) is 3.04. The molecule has 0 aliphatic heterocycles. The molecule has 0 aliphatic carbocycles. The van der Waals surface area contributed by atoms with Gasteiger partial charge >= 0.3 is 0 Å². The Balaban J connectivity index is 3.10. The van der Waals surface area contributed by atoms with Crippen molar-refractivity contribution in [3.63, 3.8) is 0 Å². The Hall–Kier alpha value is -0.900. The molecule has 0 saturated heterocycles. The van der Waals surface area contributed by atoms with Gasteiger partial charge in [0.05, 0.1) is 16.5 Å². The van der Waals surface area contributed by atoms with Crippen molar-refractivity contribution in [2.45, 2.75) is 18.2 Å². The Morgan fingerprint density at radius 1 is 1.50 bits per heavy atom. The van der Waals surface area contributed by atoms with Crippen molar-refractivity contribution >= 4 is 26.0 Å². The van der Waals surface area contributed by atoms with E-state index in [1.54, 1.807) is 0 Å². The summed E-state index contributed by atoms with van der Waals surface area (Å²) < 4.78 is 26.4. The molecule has 0 aliphatic rings. The normalized spacial score (nSPS) is 11.1. The van der Waals surface area contributed by atoms with Crippen LogP contribution in [0.15, 0.2) is 27.6 Å². The van der Waals surface area contributed by atoms with Gasteiger partial charge in [0.15, 0.2) is 0 Å². The van der Waals surface area contributed by atoms with Gasteiger partial charge in [0.2, 0.25) is 10.0 Å². The predicted molar refractivity (Wildman–Crippen MR) is 64.3 cm³/mol. The van der Waals surface area contributed by atoms with Crippen LogP contribution in [0.25, 0.3) is 0 Å². The molecule has 1 aromatic carbocycles. The maximum atomic E-state index is 11.8. The molecule has 0 fully saturated rings. The van der Waals surface area contributed by atoms with Gasteiger partial charge in [-0.05, 0) is 40.5 Å². The number of nitrogens with zero attached hydrogens (tertiary/aromatic N) is 1. The molecule has 1 aromatic rings. The van der Waals surface area contributed by atoms with E-state index in [1.807, 2.05) is 13.0 Å². The summed E-state index contributed by atoms with van der Waals surface area (Å²) in [4.78, 5) is 0.153. The number of sulfonamides is 1. The van der Waals surface area contributed by atoms with Crippen LogP contribution in [-0.2, 0) is 10.0 Å². The van der Waals surface area contributed by atoms with Gasteiger partial charge < -0.3 is 0 Å². The summed E-state index contributed by atoms with van der Waals surface area (Å²) in [5, 5.41) is 8.66. The smallest absolute Gasteiger partial charge is 0.211 e. The van der Waals surface area contributed by atoms with Gasteiger partial charge in [0.1, 0.15) is 0 Å². The number of rotatable bonds is 4. The van der Waals surface area contributed by atoms with Crippen LogP contribution in [0, 0.1) is 11.3 Å². The summed E-state index contributed by atoms with van der Waals surface area (Å²) in [6, 6.07) is 6.33. The first-order valence-electron chi connectivity index (χ1n) is 4.70. The minimum Gasteiger partial charge on any atom is -0.211 e. The Morgan fingerprint density at radius 3 is 2.69 bits per heavy atom. The first-order valence-corrected chi connectivity index (χ1v) is 6.98. The van der Waals surface area contributed by atoms with Crippen LogP contribution in [0.1, 0.15) is 18.9 Å². The topological polar surface area (TPSA) is 70.0 Å². The van der Waals surface area contributed by atoms with E-state index in [0.717, 1.165) is 6.42 Å². The highest BCUT2D eigenvalue weighted by Crippen LogP contribution is 2.22. The van der Waals surface area contributed by atoms with Crippen molar-refractivity contribution < 1.29 is 8.42 Å². The lowest BCUT2D eigenvalue weighted by molar-refractivity contribution is 0.580. The molecule has 0 radical (unpaired) electrons. The molecule has 0 spiro atoms. The van der Waals surface area contributed by atoms with Crippen LogP contribution in [0.2, 0.25) is 0 Å². The van der Waals surface area contributed by atoms with Gasteiger partial charge in [0.25, 0.3) is 0 Å². The monoisotopic (exact) mass is 302 g/mol. The lowest BCUT2D eigenvalue weighted by Crippen LogP contribution is -2.24. The molecule has 1 rings (SSSR count). The van der Waals surface area contributed by atoms with Gasteiger partial charge in [-0.2, -0.15) is 5.26 Å². The minimum absolute atomic E-state index is 0.153. The highest BCUT2D eigenvalue weighted by Gasteiger charge is 2.16. The standard InChI is InChI=1S/C10H11BrN2O2S/c1-2-5-13-16(14,15)10-4-3-8(7-12)6-9(10)11/h3-4,6,13H,2,5H2,1H3. The van der Waals surface area contributed by atoms with E-state index in [-0.39, 0.29) is 4.90 Å². The Morgan fingerprint density at radius 2 is 2.19 bits per heavy atom. The van der Waals surface area contributed by atoms with E-state index >= 15 is 0 Å². The maximum Gasteiger partial charge on any atom is 0.241 e. The summed E-state index contributed by atoms with van der Waals surface area (Å²) >= 11 is 3.15. The second kappa shape index (κ2) is 5.43. The Bertz CT molecular complexity index is 520. The fourth-order valence-electron chi connectivity index (χ4n) is 1.10. The molecule has 0 bridgehead atoms. The van der Waals surface area contributed by atoms with E-state index in [4.69, 9.17) is 5.26 Å². The van der Waals surface area contributed by atoms with E-state index < -0.39 is 10.0 Å². The van der Waals surface area contributed by atoms with Crippen LogP contribution < -0.4 is 4.72 Å². The van der Waals surface area contributed by atoms with Crippen LogP contribution in [0.5, 0.6) is 0 Å². The summed E-state index contributed by atoms with van der Waals surface area (Å²) in [5.41, 5.74) is 0.418. The highest BCUT2D eigenvalue weighted by molar-refractivity contribution is 9.10. The van der Waals surface area contributed by atoms with Gasteiger partial charge in [-0.15, -0.1) is 0 Å². The van der Waals surface area contributed by atoms with Crippen LogP contribution in [0.3, 0.4) is 0 Å². The molecule has 0 unspecified atom stereocenters. The van der Waals surface area contributed by atoms with Gasteiger partial charge in [-0.25, -0.2) is 13.1 Å². The largest absolute Gasteiger partial charge is 0.241 e. The quantitative estimate of drug-likeness (QED) is 0.925. The summed E-state index contributed by atoms with van der Waals surface area (Å²) in [7, 11) is -3.48. The molecule has 86 valence electrons. The van der Waals surface area contributed by atoms with Crippen LogP contribution >= 0.6 is 15.9 Å². The van der Waals surface area contributed by atoms with Crippen molar-refractivity contribution in [2.75, 3.05) is 6.54 Å². The SMILES string of the molecule is CCCNS(=O)(=O)c1ccc(C#N)cc1Br. The molecular weight excluding hydrogens is 292 g/mol. The summed E-state index contributed by atoms with van der Waals surface area (Å²) in [5.74, 6) is 0. The number of halogens is 1. The molecule has 0 atom stereocenters. The third-order valence-electron chi connectivity index (χ3n) is 1.89. The lowest BCUT2D eigenvalue weighted by atomic mass is 10.2. The van der Waals surface area contributed by atoms with E-state index in [0.29, 0.717) is 16.6 Å². The number of nitriles is 1. The summed E-state index contributed by atoms with van der Waals surface area (Å²) in [6.07, 6.45) is 0.729. The maximum absolute atomic E-state index is 11.8. The molecule has 6 heteroatoms. The summed E-state index contributed by atoms with van der Waals surface area (Å²) in [6.45, 7) is 2.28. The predicted octanol–water partition coefficient (Wildman–Crippen LogP) is 2.01. The van der Waals surface area contributed by atoms with E-state index in [2.05, 4.69) is 20.7 Å². The van der Waals surface area contributed by atoms with Crippen molar-refractivity contribution in [3.05, 3.63) is 28.2 Å². The number of benzene rings is 1.